The van der Waals surface area contributed by atoms with E-state index in [0.29, 0.717) is 4.88 Å². The third kappa shape index (κ3) is 5.31. The first kappa shape index (κ1) is 19.5. The van der Waals surface area contributed by atoms with Gasteiger partial charge in [-0.2, -0.15) is 0 Å². The molecule has 0 bridgehead atoms. The zero-order valence-electron chi connectivity index (χ0n) is 14.6. The van der Waals surface area contributed by atoms with Gasteiger partial charge in [0, 0.05) is 31.5 Å². The highest BCUT2D eigenvalue weighted by Crippen LogP contribution is 2.23. The van der Waals surface area contributed by atoms with Crippen molar-refractivity contribution in [2.24, 2.45) is 0 Å². The second-order valence-electron chi connectivity index (χ2n) is 5.53. The molecule has 0 saturated carbocycles. The van der Waals surface area contributed by atoms with E-state index < -0.39 is 0 Å². The molecule has 0 fully saturated rings. The van der Waals surface area contributed by atoms with E-state index in [0.717, 1.165) is 28.3 Å². The van der Waals surface area contributed by atoms with Crippen LogP contribution in [-0.2, 0) is 4.79 Å². The zero-order valence-corrected chi connectivity index (χ0v) is 17.0. The lowest BCUT2D eigenvalue weighted by Crippen LogP contribution is -2.34. The van der Waals surface area contributed by atoms with Crippen molar-refractivity contribution in [3.8, 4) is 0 Å². The average molecular weight is 424 g/mol. The molecule has 5 nitrogen and oxygen atoms in total. The second-order valence-corrected chi connectivity index (χ2v) is 8.00. The molecular formula is C18H22BrN3O2S. The normalized spacial score (nSPS) is 10.4. The van der Waals surface area contributed by atoms with Crippen LogP contribution in [0, 0.1) is 0 Å². The Bertz CT molecular complexity index is 726. The molecule has 7 heteroatoms. The summed E-state index contributed by atoms with van der Waals surface area (Å²) < 4.78 is 0.891. The molecule has 1 N–H and O–H groups in total. The molecule has 0 atom stereocenters. The Balaban J connectivity index is 1.92. The van der Waals surface area contributed by atoms with Gasteiger partial charge in [0.25, 0.3) is 5.91 Å². The minimum atomic E-state index is -0.220. The number of likely N-dealkylation sites (N-methyl/N-ethyl adjacent to an activating group) is 1. The van der Waals surface area contributed by atoms with Crippen molar-refractivity contribution in [3.05, 3.63) is 45.1 Å². The third-order valence-electron chi connectivity index (χ3n) is 3.79. The first-order valence-electron chi connectivity index (χ1n) is 8.10. The number of anilines is 2. The Morgan fingerprint density at radius 3 is 2.24 bits per heavy atom. The third-order valence-corrected chi connectivity index (χ3v) is 5.40. The predicted octanol–water partition coefficient (Wildman–Crippen LogP) is 4.07. The van der Waals surface area contributed by atoms with Gasteiger partial charge in [0.1, 0.15) is 0 Å². The van der Waals surface area contributed by atoms with Crippen LogP contribution in [0.5, 0.6) is 0 Å². The highest BCUT2D eigenvalue weighted by molar-refractivity contribution is 9.11. The Morgan fingerprint density at radius 2 is 1.72 bits per heavy atom. The molecule has 134 valence electrons. The fourth-order valence-corrected chi connectivity index (χ4v) is 3.83. The molecule has 0 aliphatic rings. The fourth-order valence-electron chi connectivity index (χ4n) is 2.45. The van der Waals surface area contributed by atoms with E-state index in [1.807, 2.05) is 30.3 Å². The largest absolute Gasteiger partial charge is 0.372 e. The quantitative estimate of drug-likeness (QED) is 0.729. The number of amides is 2. The van der Waals surface area contributed by atoms with Crippen LogP contribution in [0.4, 0.5) is 11.4 Å². The van der Waals surface area contributed by atoms with E-state index in [-0.39, 0.29) is 18.4 Å². The van der Waals surface area contributed by atoms with E-state index in [2.05, 4.69) is 40.0 Å². The molecule has 2 aromatic rings. The maximum Gasteiger partial charge on any atom is 0.264 e. The van der Waals surface area contributed by atoms with Gasteiger partial charge >= 0.3 is 0 Å². The van der Waals surface area contributed by atoms with Gasteiger partial charge in [-0.3, -0.25) is 9.59 Å². The molecule has 0 saturated heterocycles. The number of carbonyl (C=O) groups is 2. The summed E-state index contributed by atoms with van der Waals surface area (Å²) in [7, 11) is 1.62. The van der Waals surface area contributed by atoms with Crippen LogP contribution in [0.3, 0.4) is 0 Å². The molecule has 2 rings (SSSR count). The summed E-state index contributed by atoms with van der Waals surface area (Å²) >= 11 is 4.69. The summed E-state index contributed by atoms with van der Waals surface area (Å²) in [5, 5.41) is 2.83. The van der Waals surface area contributed by atoms with Crippen LogP contribution in [-0.4, -0.2) is 43.4 Å². The number of rotatable bonds is 7. The lowest BCUT2D eigenvalue weighted by Gasteiger charge is -2.21. The van der Waals surface area contributed by atoms with Crippen LogP contribution in [0.2, 0.25) is 0 Å². The minimum Gasteiger partial charge on any atom is -0.372 e. The summed E-state index contributed by atoms with van der Waals surface area (Å²) in [6.07, 6.45) is 0. The monoisotopic (exact) mass is 423 g/mol. The van der Waals surface area contributed by atoms with E-state index in [1.54, 1.807) is 13.1 Å². The van der Waals surface area contributed by atoms with Crippen molar-refractivity contribution in [3.63, 3.8) is 0 Å². The van der Waals surface area contributed by atoms with Crippen molar-refractivity contribution in [2.75, 3.05) is 36.9 Å². The van der Waals surface area contributed by atoms with Crippen LogP contribution < -0.4 is 10.2 Å². The maximum absolute atomic E-state index is 12.3. The molecule has 2 amide bonds. The minimum absolute atomic E-state index is 0.00610. The lowest BCUT2D eigenvalue weighted by molar-refractivity contribution is -0.116. The van der Waals surface area contributed by atoms with E-state index in [1.165, 1.54) is 16.2 Å². The Labute approximate surface area is 160 Å². The van der Waals surface area contributed by atoms with Crippen molar-refractivity contribution >= 4 is 50.5 Å². The number of benzene rings is 1. The highest BCUT2D eigenvalue weighted by Gasteiger charge is 2.16. The van der Waals surface area contributed by atoms with Gasteiger partial charge < -0.3 is 15.1 Å². The highest BCUT2D eigenvalue weighted by atomic mass is 79.9. The number of nitrogens with one attached hydrogen (secondary N) is 1. The number of thiophene rings is 1. The number of halogens is 1. The fraction of sp³-hybridized carbons (Fsp3) is 0.333. The van der Waals surface area contributed by atoms with Crippen molar-refractivity contribution in [1.29, 1.82) is 0 Å². The van der Waals surface area contributed by atoms with Gasteiger partial charge in [0.2, 0.25) is 5.91 Å². The van der Waals surface area contributed by atoms with Gasteiger partial charge in [-0.05, 0) is 66.2 Å². The molecule has 1 aromatic heterocycles. The first-order chi connectivity index (χ1) is 11.9. The van der Waals surface area contributed by atoms with Crippen LogP contribution in [0.1, 0.15) is 23.5 Å². The molecule has 0 spiro atoms. The number of nitrogens with zero attached hydrogens (tertiary/aromatic N) is 2. The van der Waals surface area contributed by atoms with E-state index in [4.69, 9.17) is 0 Å². The molecule has 0 radical (unpaired) electrons. The van der Waals surface area contributed by atoms with Crippen molar-refractivity contribution < 1.29 is 9.59 Å². The van der Waals surface area contributed by atoms with Gasteiger partial charge in [0.15, 0.2) is 0 Å². The molecule has 0 aliphatic heterocycles. The van der Waals surface area contributed by atoms with E-state index >= 15 is 0 Å². The zero-order chi connectivity index (χ0) is 18.4. The Morgan fingerprint density at radius 1 is 1.08 bits per heavy atom. The van der Waals surface area contributed by atoms with Crippen LogP contribution in [0.25, 0.3) is 0 Å². The number of hydrogen-bond acceptors (Lipinski definition) is 4. The summed E-state index contributed by atoms with van der Waals surface area (Å²) in [5.74, 6) is -0.384. The first-order valence-corrected chi connectivity index (χ1v) is 9.71. The van der Waals surface area contributed by atoms with Gasteiger partial charge in [0.05, 0.1) is 15.2 Å². The molecule has 1 aromatic carbocycles. The van der Waals surface area contributed by atoms with Gasteiger partial charge in [-0.15, -0.1) is 11.3 Å². The lowest BCUT2D eigenvalue weighted by atomic mass is 10.2. The van der Waals surface area contributed by atoms with Gasteiger partial charge in [-0.25, -0.2) is 0 Å². The molecule has 1 heterocycles. The van der Waals surface area contributed by atoms with Crippen molar-refractivity contribution in [2.45, 2.75) is 13.8 Å². The summed E-state index contributed by atoms with van der Waals surface area (Å²) in [6.45, 7) is 6.10. The average Bonchev–Trinajstić information content (AvgIpc) is 3.03. The smallest absolute Gasteiger partial charge is 0.264 e. The SMILES string of the molecule is CCN(CC)c1ccc(NC(=O)CN(C)C(=O)c2ccc(Br)s2)cc1. The summed E-state index contributed by atoms with van der Waals surface area (Å²) in [6, 6.07) is 11.3. The summed E-state index contributed by atoms with van der Waals surface area (Å²) in [4.78, 5) is 28.7. The van der Waals surface area contributed by atoms with Crippen LogP contribution >= 0.6 is 27.3 Å². The van der Waals surface area contributed by atoms with Crippen molar-refractivity contribution in [1.82, 2.24) is 4.90 Å². The molecule has 0 aliphatic carbocycles. The Hall–Kier alpha value is -1.86. The molecule has 25 heavy (non-hydrogen) atoms. The molecular weight excluding hydrogens is 402 g/mol. The van der Waals surface area contributed by atoms with E-state index in [9.17, 15) is 9.59 Å². The topological polar surface area (TPSA) is 52.7 Å². The number of carbonyl (C=O) groups excluding carboxylic acids is 2. The summed E-state index contributed by atoms with van der Waals surface area (Å²) in [5.41, 5.74) is 1.85. The number of hydrogen-bond donors (Lipinski definition) is 1. The van der Waals surface area contributed by atoms with Crippen LogP contribution in [0.15, 0.2) is 40.2 Å². The Kier molecular flexibility index (Phi) is 7.01. The molecule has 0 unspecified atom stereocenters. The van der Waals surface area contributed by atoms with Gasteiger partial charge in [-0.1, -0.05) is 0 Å². The second kappa shape index (κ2) is 9.01. The maximum atomic E-state index is 12.3. The predicted molar refractivity (Wildman–Crippen MR) is 108 cm³/mol. The standard InChI is InChI=1S/C18H22BrN3O2S/c1-4-22(5-2)14-8-6-13(7-9-14)20-17(23)12-21(3)18(24)15-10-11-16(19)25-15/h6-11H,4-5,12H2,1-3H3,(H,20,23).